The molecule has 19 heavy (non-hydrogen) atoms. The molecule has 2 aromatic rings. The Bertz CT molecular complexity index is 638. The molecule has 0 radical (unpaired) electrons. The van der Waals surface area contributed by atoms with Crippen LogP contribution in [0, 0.1) is 5.92 Å². The number of benzene rings is 1. The van der Waals surface area contributed by atoms with Crippen LogP contribution in [0.4, 0.5) is 0 Å². The zero-order valence-electron chi connectivity index (χ0n) is 11.0. The number of rotatable bonds is 2. The standard InChI is InChI=1S/C14H18ClN3S/c1-16-14-18(9-10-4-6-17-7-5-10)12-3-2-11(15)8-13(12)19-14/h2-3,8,10,17H,4-7,9H2,1H3/b16-14+. The van der Waals surface area contributed by atoms with Crippen LogP contribution in [0.15, 0.2) is 23.2 Å². The average molecular weight is 296 g/mol. The van der Waals surface area contributed by atoms with Gasteiger partial charge >= 0.3 is 0 Å². The van der Waals surface area contributed by atoms with Crippen LogP contribution in [0.5, 0.6) is 0 Å². The average Bonchev–Trinajstić information content (AvgIpc) is 2.77. The van der Waals surface area contributed by atoms with Crippen LogP contribution in [0.2, 0.25) is 5.02 Å². The molecule has 0 spiro atoms. The van der Waals surface area contributed by atoms with Gasteiger partial charge in [0.25, 0.3) is 0 Å². The number of hydrogen-bond donors (Lipinski definition) is 1. The van der Waals surface area contributed by atoms with Gasteiger partial charge in [0.1, 0.15) is 0 Å². The lowest BCUT2D eigenvalue weighted by molar-refractivity contribution is 0.334. The molecule has 102 valence electrons. The van der Waals surface area contributed by atoms with Crippen molar-refractivity contribution in [1.29, 1.82) is 0 Å². The SMILES string of the molecule is C/N=c1/sc2cc(Cl)ccc2n1CC1CCNCC1. The molecule has 0 bridgehead atoms. The maximum atomic E-state index is 6.07. The van der Waals surface area contributed by atoms with Gasteiger partial charge in [-0.2, -0.15) is 0 Å². The van der Waals surface area contributed by atoms with E-state index in [1.807, 2.05) is 19.2 Å². The predicted molar refractivity (Wildman–Crippen MR) is 81.9 cm³/mol. The Morgan fingerprint density at radius 1 is 1.42 bits per heavy atom. The van der Waals surface area contributed by atoms with E-state index >= 15 is 0 Å². The zero-order valence-corrected chi connectivity index (χ0v) is 12.6. The predicted octanol–water partition coefficient (Wildman–Crippen LogP) is 2.89. The zero-order chi connectivity index (χ0) is 13.2. The molecule has 0 saturated carbocycles. The maximum Gasteiger partial charge on any atom is 0.185 e. The Balaban J connectivity index is 2.01. The summed E-state index contributed by atoms with van der Waals surface area (Å²) in [5.41, 5.74) is 1.26. The van der Waals surface area contributed by atoms with Crippen molar-refractivity contribution >= 4 is 33.2 Å². The highest BCUT2D eigenvalue weighted by Gasteiger charge is 2.16. The molecule has 1 fully saturated rings. The minimum Gasteiger partial charge on any atom is -0.317 e. The summed E-state index contributed by atoms with van der Waals surface area (Å²) in [6.07, 6.45) is 2.50. The molecule has 1 aliphatic heterocycles. The van der Waals surface area contributed by atoms with Gasteiger partial charge in [0, 0.05) is 18.6 Å². The lowest BCUT2D eigenvalue weighted by Crippen LogP contribution is -2.31. The summed E-state index contributed by atoms with van der Waals surface area (Å²) >= 11 is 7.80. The summed E-state index contributed by atoms with van der Waals surface area (Å²) in [5, 5.41) is 4.22. The third kappa shape index (κ3) is 2.71. The van der Waals surface area contributed by atoms with Crippen molar-refractivity contribution < 1.29 is 0 Å². The van der Waals surface area contributed by atoms with Crippen LogP contribution in [0.25, 0.3) is 10.2 Å². The number of fused-ring (bicyclic) bond motifs is 1. The third-order valence-electron chi connectivity index (χ3n) is 3.74. The van der Waals surface area contributed by atoms with Crippen LogP contribution < -0.4 is 10.1 Å². The molecule has 5 heteroatoms. The van der Waals surface area contributed by atoms with Crippen molar-refractivity contribution in [2.24, 2.45) is 10.9 Å². The molecule has 0 atom stereocenters. The molecule has 3 rings (SSSR count). The molecule has 2 heterocycles. The maximum absolute atomic E-state index is 6.07. The minimum atomic E-state index is 0.750. The first kappa shape index (κ1) is 13.2. The number of nitrogens with one attached hydrogen (secondary N) is 1. The van der Waals surface area contributed by atoms with Gasteiger partial charge in [-0.15, -0.1) is 0 Å². The second-order valence-corrected chi connectivity index (χ2v) is 6.47. The molecule has 1 aliphatic rings. The quantitative estimate of drug-likeness (QED) is 0.907. The van der Waals surface area contributed by atoms with Gasteiger partial charge in [-0.1, -0.05) is 22.9 Å². The monoisotopic (exact) mass is 295 g/mol. The Morgan fingerprint density at radius 2 is 2.21 bits per heavy atom. The number of thiazole rings is 1. The van der Waals surface area contributed by atoms with Gasteiger partial charge in [-0.3, -0.25) is 4.99 Å². The van der Waals surface area contributed by atoms with Crippen molar-refractivity contribution in [2.45, 2.75) is 19.4 Å². The summed E-state index contributed by atoms with van der Waals surface area (Å²) in [7, 11) is 1.87. The summed E-state index contributed by atoms with van der Waals surface area (Å²) in [6, 6.07) is 6.12. The molecule has 0 amide bonds. The van der Waals surface area contributed by atoms with Crippen LogP contribution >= 0.6 is 22.9 Å². The van der Waals surface area contributed by atoms with E-state index in [1.54, 1.807) is 11.3 Å². The van der Waals surface area contributed by atoms with Crippen molar-refractivity contribution in [3.8, 4) is 0 Å². The van der Waals surface area contributed by atoms with E-state index in [4.69, 9.17) is 11.6 Å². The fraction of sp³-hybridized carbons (Fsp3) is 0.500. The van der Waals surface area contributed by atoms with E-state index in [2.05, 4.69) is 20.9 Å². The Hall–Kier alpha value is -0.840. The number of aromatic nitrogens is 1. The molecule has 1 saturated heterocycles. The number of hydrogen-bond acceptors (Lipinski definition) is 3. The second kappa shape index (κ2) is 5.65. The molecule has 0 unspecified atom stereocenters. The number of nitrogens with zero attached hydrogens (tertiary/aromatic N) is 2. The Labute approximate surface area is 121 Å². The first-order valence-electron chi connectivity index (χ1n) is 6.70. The van der Waals surface area contributed by atoms with Crippen molar-refractivity contribution in [3.63, 3.8) is 0 Å². The smallest absolute Gasteiger partial charge is 0.185 e. The van der Waals surface area contributed by atoms with Crippen LogP contribution in [-0.2, 0) is 6.54 Å². The van der Waals surface area contributed by atoms with Crippen molar-refractivity contribution in [1.82, 2.24) is 9.88 Å². The topological polar surface area (TPSA) is 29.3 Å². The van der Waals surface area contributed by atoms with Crippen LogP contribution in [-0.4, -0.2) is 24.7 Å². The second-order valence-electron chi connectivity index (χ2n) is 5.02. The van der Waals surface area contributed by atoms with Gasteiger partial charge in [-0.25, -0.2) is 0 Å². The highest BCUT2D eigenvalue weighted by atomic mass is 35.5. The molecule has 1 aromatic carbocycles. The summed E-state index contributed by atoms with van der Waals surface area (Å²) in [5.74, 6) is 0.750. The number of piperidine rings is 1. The first-order valence-corrected chi connectivity index (χ1v) is 7.90. The molecule has 3 nitrogen and oxygen atoms in total. The normalized spacial score (nSPS) is 18.3. The fourth-order valence-corrected chi connectivity index (χ4v) is 3.99. The van der Waals surface area contributed by atoms with E-state index in [0.29, 0.717) is 0 Å². The summed E-state index contributed by atoms with van der Waals surface area (Å²) in [6.45, 7) is 3.34. The van der Waals surface area contributed by atoms with Gasteiger partial charge in [0.05, 0.1) is 10.2 Å². The molecule has 0 aliphatic carbocycles. The molecule has 1 aromatic heterocycles. The summed E-state index contributed by atoms with van der Waals surface area (Å²) in [4.78, 5) is 5.52. The third-order valence-corrected chi connectivity index (χ3v) is 5.10. The van der Waals surface area contributed by atoms with E-state index in [0.717, 1.165) is 35.4 Å². The Morgan fingerprint density at radius 3 is 2.95 bits per heavy atom. The van der Waals surface area contributed by atoms with E-state index in [9.17, 15) is 0 Å². The van der Waals surface area contributed by atoms with Crippen LogP contribution in [0.1, 0.15) is 12.8 Å². The largest absolute Gasteiger partial charge is 0.317 e. The van der Waals surface area contributed by atoms with Gasteiger partial charge in [0.2, 0.25) is 0 Å². The van der Waals surface area contributed by atoms with Crippen molar-refractivity contribution in [3.05, 3.63) is 28.0 Å². The Kier molecular flexibility index (Phi) is 3.91. The fourth-order valence-electron chi connectivity index (χ4n) is 2.71. The highest BCUT2D eigenvalue weighted by Crippen LogP contribution is 2.24. The summed E-state index contributed by atoms with van der Waals surface area (Å²) < 4.78 is 3.58. The molecular weight excluding hydrogens is 278 g/mol. The van der Waals surface area contributed by atoms with Crippen LogP contribution in [0.3, 0.4) is 0 Å². The first-order chi connectivity index (χ1) is 9.28. The lowest BCUT2D eigenvalue weighted by Gasteiger charge is -2.23. The highest BCUT2D eigenvalue weighted by molar-refractivity contribution is 7.16. The van der Waals surface area contributed by atoms with Gasteiger partial charge in [-0.05, 0) is 50.0 Å². The number of halogens is 1. The van der Waals surface area contributed by atoms with Gasteiger partial charge < -0.3 is 9.88 Å². The minimum absolute atomic E-state index is 0.750. The van der Waals surface area contributed by atoms with E-state index < -0.39 is 0 Å². The lowest BCUT2D eigenvalue weighted by atomic mass is 9.98. The van der Waals surface area contributed by atoms with Crippen molar-refractivity contribution in [2.75, 3.05) is 20.1 Å². The van der Waals surface area contributed by atoms with E-state index in [-0.39, 0.29) is 0 Å². The van der Waals surface area contributed by atoms with E-state index in [1.165, 1.54) is 23.1 Å². The van der Waals surface area contributed by atoms with Gasteiger partial charge in [0.15, 0.2) is 4.80 Å². The molecular formula is C14H18ClN3S. The molecule has 1 N–H and O–H groups in total.